The van der Waals surface area contributed by atoms with Gasteiger partial charge in [0.2, 0.25) is 0 Å². The van der Waals surface area contributed by atoms with E-state index in [9.17, 15) is 9.90 Å². The second kappa shape index (κ2) is 8.35. The molecule has 9 nitrogen and oxygen atoms in total. The van der Waals surface area contributed by atoms with Crippen molar-refractivity contribution in [2.75, 3.05) is 39.8 Å². The van der Waals surface area contributed by atoms with Crippen LogP contribution in [0, 0.1) is 5.92 Å². The van der Waals surface area contributed by atoms with Crippen molar-refractivity contribution < 1.29 is 19.9 Å². The maximum Gasteiger partial charge on any atom is 0.451 e. The predicted octanol–water partition coefficient (Wildman–Crippen LogP) is -1.77. The minimum absolute atomic E-state index is 0.206. The fourth-order valence-electron chi connectivity index (χ4n) is 3.74. The highest BCUT2D eigenvalue weighted by molar-refractivity contribution is 6.40. The van der Waals surface area contributed by atoms with Crippen LogP contribution >= 0.6 is 0 Å². The molecule has 0 saturated carbocycles. The molecule has 2 fully saturated rings. The van der Waals surface area contributed by atoms with Gasteiger partial charge in [0, 0.05) is 45.7 Å². The number of hydrogen-bond donors (Lipinski definition) is 5. The molecule has 25 heavy (non-hydrogen) atoms. The van der Waals surface area contributed by atoms with Crippen LogP contribution < -0.4 is 11.1 Å². The normalized spacial score (nSPS) is 27.3. The lowest BCUT2D eigenvalue weighted by atomic mass is 9.78. The van der Waals surface area contributed by atoms with Crippen LogP contribution in [0.1, 0.15) is 19.8 Å². The van der Waals surface area contributed by atoms with E-state index in [1.807, 2.05) is 4.90 Å². The molecule has 0 spiro atoms. The smallest absolute Gasteiger partial charge is 0.451 e. The van der Waals surface area contributed by atoms with Crippen molar-refractivity contribution in [3.8, 4) is 0 Å². The van der Waals surface area contributed by atoms with Crippen LogP contribution in [0.2, 0.25) is 6.32 Å². The molecule has 2 atom stereocenters. The highest BCUT2D eigenvalue weighted by atomic mass is 16.4. The van der Waals surface area contributed by atoms with Crippen LogP contribution in [0.25, 0.3) is 0 Å². The molecule has 0 bridgehead atoms. The summed E-state index contributed by atoms with van der Waals surface area (Å²) >= 11 is 0. The summed E-state index contributed by atoms with van der Waals surface area (Å²) in [5.74, 6) is -0.498. The summed E-state index contributed by atoms with van der Waals surface area (Å²) in [5.41, 5.74) is 4.90. The molecule has 0 radical (unpaired) electrons. The Morgan fingerprint density at radius 2 is 2.16 bits per heavy atom. The minimum Gasteiger partial charge on any atom is -0.480 e. The number of carboxylic acids is 1. The third-order valence-electron chi connectivity index (χ3n) is 5.32. The van der Waals surface area contributed by atoms with Gasteiger partial charge in [-0.1, -0.05) is 6.42 Å². The largest absolute Gasteiger partial charge is 0.480 e. The fraction of sp³-hybridized carbons (Fsp3) is 0.867. The summed E-state index contributed by atoms with van der Waals surface area (Å²) in [6, 6.07) is 0.365. The van der Waals surface area contributed by atoms with Crippen molar-refractivity contribution in [1.29, 1.82) is 0 Å². The average molecular weight is 355 g/mol. The Kier molecular flexibility index (Phi) is 6.67. The molecule has 2 saturated heterocycles. The van der Waals surface area contributed by atoms with E-state index in [1.54, 1.807) is 7.05 Å². The number of rotatable bonds is 7. The standard InChI is InChI=1S/C15H30BN5O4/c1-3-21(12-7-19-8-12)14(18-2)20-9-11(5-4-6-16(24)25)15(17,10-20)13(22)23/h11-12,19,24-25H,3-10,17H2,1-2H3,(H,22,23). The number of guanidine groups is 1. The zero-order chi connectivity index (χ0) is 18.6. The number of carboxylic acid groups (broad SMARTS) is 1. The van der Waals surface area contributed by atoms with Gasteiger partial charge in [-0.25, -0.2) is 0 Å². The number of likely N-dealkylation sites (tertiary alicyclic amines) is 1. The van der Waals surface area contributed by atoms with Crippen LogP contribution in [0.15, 0.2) is 4.99 Å². The predicted molar refractivity (Wildman–Crippen MR) is 96.2 cm³/mol. The van der Waals surface area contributed by atoms with Crippen LogP contribution in [-0.4, -0.2) is 95.4 Å². The maximum absolute atomic E-state index is 11.8. The summed E-state index contributed by atoms with van der Waals surface area (Å²) in [7, 11) is 0.349. The zero-order valence-electron chi connectivity index (χ0n) is 15.1. The number of nitrogens with zero attached hydrogens (tertiary/aromatic N) is 3. The van der Waals surface area contributed by atoms with Crippen LogP contribution in [-0.2, 0) is 4.79 Å². The molecule has 0 aromatic heterocycles. The Labute approximate surface area is 149 Å². The maximum atomic E-state index is 11.8. The molecule has 6 N–H and O–H groups in total. The summed E-state index contributed by atoms with van der Waals surface area (Å²) in [5, 5.41) is 30.9. The van der Waals surface area contributed by atoms with Crippen molar-refractivity contribution in [2.24, 2.45) is 16.6 Å². The highest BCUT2D eigenvalue weighted by Gasteiger charge is 2.50. The van der Waals surface area contributed by atoms with Gasteiger partial charge in [0.25, 0.3) is 0 Å². The average Bonchev–Trinajstić information content (AvgIpc) is 2.83. The molecule has 0 amide bonds. The van der Waals surface area contributed by atoms with E-state index in [-0.39, 0.29) is 18.8 Å². The van der Waals surface area contributed by atoms with E-state index in [0.717, 1.165) is 25.6 Å². The highest BCUT2D eigenvalue weighted by Crippen LogP contribution is 2.31. The molecular formula is C15H30BN5O4. The second-order valence-corrected chi connectivity index (χ2v) is 6.96. The third-order valence-corrected chi connectivity index (χ3v) is 5.32. The molecule has 0 aromatic carbocycles. The minimum atomic E-state index is -1.37. The van der Waals surface area contributed by atoms with E-state index < -0.39 is 18.6 Å². The lowest BCUT2D eigenvalue weighted by molar-refractivity contribution is -0.144. The van der Waals surface area contributed by atoms with Gasteiger partial charge >= 0.3 is 13.1 Å². The number of carbonyl (C=O) groups is 1. The Morgan fingerprint density at radius 3 is 2.60 bits per heavy atom. The molecule has 2 rings (SSSR count). The van der Waals surface area contributed by atoms with E-state index >= 15 is 0 Å². The van der Waals surface area contributed by atoms with Crippen LogP contribution in [0.5, 0.6) is 0 Å². The topological polar surface area (TPSA) is 135 Å². The number of aliphatic imine (C=N–C) groups is 1. The molecule has 2 aliphatic rings. The number of aliphatic carboxylic acids is 1. The van der Waals surface area contributed by atoms with Crippen LogP contribution in [0.4, 0.5) is 0 Å². The van der Waals surface area contributed by atoms with Gasteiger partial charge in [0.05, 0.1) is 6.04 Å². The van der Waals surface area contributed by atoms with E-state index in [4.69, 9.17) is 15.8 Å². The summed E-state index contributed by atoms with van der Waals surface area (Å²) in [4.78, 5) is 20.4. The van der Waals surface area contributed by atoms with Crippen molar-refractivity contribution in [1.82, 2.24) is 15.1 Å². The molecule has 2 heterocycles. The monoisotopic (exact) mass is 355 g/mol. The first-order valence-electron chi connectivity index (χ1n) is 8.91. The van der Waals surface area contributed by atoms with Gasteiger partial charge in [0.15, 0.2) is 5.96 Å². The van der Waals surface area contributed by atoms with Crippen molar-refractivity contribution in [3.63, 3.8) is 0 Å². The fourth-order valence-corrected chi connectivity index (χ4v) is 3.74. The van der Waals surface area contributed by atoms with Gasteiger partial charge in [0.1, 0.15) is 5.54 Å². The Balaban J connectivity index is 2.11. The number of hydrogen-bond acceptors (Lipinski definition) is 6. The number of nitrogens with two attached hydrogens (primary N) is 1. The van der Waals surface area contributed by atoms with Crippen molar-refractivity contribution >= 4 is 19.0 Å². The number of likely N-dealkylation sites (N-methyl/N-ethyl adjacent to an activating group) is 1. The molecule has 2 unspecified atom stereocenters. The Hall–Kier alpha value is -1.36. The van der Waals surface area contributed by atoms with Gasteiger partial charge in [-0.3, -0.25) is 9.79 Å². The van der Waals surface area contributed by atoms with E-state index in [0.29, 0.717) is 25.4 Å². The van der Waals surface area contributed by atoms with Gasteiger partial charge in [-0.2, -0.15) is 0 Å². The van der Waals surface area contributed by atoms with Crippen molar-refractivity contribution in [3.05, 3.63) is 0 Å². The number of nitrogens with one attached hydrogen (secondary N) is 1. The van der Waals surface area contributed by atoms with Crippen LogP contribution in [0.3, 0.4) is 0 Å². The molecule has 10 heteroatoms. The Bertz CT molecular complexity index is 502. The SMILES string of the molecule is CCN(C(=NC)N1CC(CCCB(O)O)C(N)(C(=O)O)C1)C1CNC1. The molecule has 2 aliphatic heterocycles. The first-order chi connectivity index (χ1) is 11.8. The van der Waals surface area contributed by atoms with Gasteiger partial charge in [-0.15, -0.1) is 0 Å². The second-order valence-electron chi connectivity index (χ2n) is 6.96. The summed E-state index contributed by atoms with van der Waals surface area (Å²) in [6.07, 6.45) is 1.27. The quantitative estimate of drug-likeness (QED) is 0.206. The lowest BCUT2D eigenvalue weighted by Crippen LogP contribution is -2.62. The van der Waals surface area contributed by atoms with E-state index in [1.165, 1.54) is 0 Å². The van der Waals surface area contributed by atoms with Crippen molar-refractivity contribution in [2.45, 2.75) is 37.7 Å². The van der Waals surface area contributed by atoms with Gasteiger partial charge < -0.3 is 36.0 Å². The van der Waals surface area contributed by atoms with Gasteiger partial charge in [-0.05, 0) is 19.7 Å². The Morgan fingerprint density at radius 1 is 1.48 bits per heavy atom. The van der Waals surface area contributed by atoms with E-state index in [2.05, 4.69) is 22.1 Å². The summed E-state index contributed by atoms with van der Waals surface area (Å²) < 4.78 is 0. The molecule has 0 aliphatic carbocycles. The lowest BCUT2D eigenvalue weighted by Gasteiger charge is -2.42. The first kappa shape index (κ1) is 20.0. The molecular weight excluding hydrogens is 325 g/mol. The zero-order valence-corrected chi connectivity index (χ0v) is 15.1. The summed E-state index contributed by atoms with van der Waals surface area (Å²) in [6.45, 7) is 5.36. The first-order valence-corrected chi connectivity index (χ1v) is 8.91. The molecule has 0 aromatic rings. The molecule has 142 valence electrons. The third kappa shape index (κ3) is 4.25.